The molecule has 2 N–H and O–H groups in total. The van der Waals surface area contributed by atoms with E-state index in [9.17, 15) is 26.4 Å². The van der Waals surface area contributed by atoms with E-state index in [1.807, 2.05) is 0 Å². The molecular weight excluding hydrogens is 479 g/mol. The number of ether oxygens (including phenoxy) is 1. The summed E-state index contributed by atoms with van der Waals surface area (Å²) in [6, 6.07) is 9.35. The molecule has 180 valence electrons. The first-order valence-corrected chi connectivity index (χ1v) is 12.3. The van der Waals surface area contributed by atoms with Gasteiger partial charge in [-0.15, -0.1) is 11.3 Å². The summed E-state index contributed by atoms with van der Waals surface area (Å²) < 4.78 is 67.6. The van der Waals surface area contributed by atoms with Crippen LogP contribution in [-0.4, -0.2) is 71.2 Å². The van der Waals surface area contributed by atoms with E-state index in [1.165, 1.54) is 18.2 Å². The standard InChI is InChI=1S/C21H24F3N3O4S2/c1-27(2)9-10-31-20(28)13-26-16(12-19(25)21(22,23)24)18-8-7-17(32-18)14-5-4-6-15(11-14)33(3,29)30/h4-8,11-12H,9-10,13,25H2,1-3H3. The first-order valence-electron chi connectivity index (χ1n) is 9.57. The van der Waals surface area contributed by atoms with Crippen molar-refractivity contribution in [1.82, 2.24) is 4.90 Å². The van der Waals surface area contributed by atoms with Crippen LogP contribution in [0.15, 0.2) is 58.1 Å². The third-order valence-corrected chi connectivity index (χ3v) is 6.47. The lowest BCUT2D eigenvalue weighted by molar-refractivity contribution is -0.142. The number of hydrogen-bond acceptors (Lipinski definition) is 8. The molecule has 0 aliphatic rings. The summed E-state index contributed by atoms with van der Waals surface area (Å²) in [5, 5.41) is 0. The lowest BCUT2D eigenvalue weighted by Crippen LogP contribution is -2.22. The van der Waals surface area contributed by atoms with Gasteiger partial charge in [-0.25, -0.2) is 8.42 Å². The number of halogens is 3. The lowest BCUT2D eigenvalue weighted by atomic mass is 10.2. The van der Waals surface area contributed by atoms with E-state index >= 15 is 0 Å². The highest BCUT2D eigenvalue weighted by atomic mass is 32.2. The Labute approximate surface area is 194 Å². The number of carbonyl (C=O) groups is 1. The van der Waals surface area contributed by atoms with Gasteiger partial charge in [-0.05, 0) is 50.0 Å². The van der Waals surface area contributed by atoms with Crippen LogP contribution in [0.5, 0.6) is 0 Å². The van der Waals surface area contributed by atoms with Gasteiger partial charge in [0.05, 0.1) is 15.5 Å². The molecule has 0 unspecified atom stereocenters. The van der Waals surface area contributed by atoms with Crippen LogP contribution in [0.1, 0.15) is 4.88 Å². The second-order valence-electron chi connectivity index (χ2n) is 7.29. The fourth-order valence-electron chi connectivity index (χ4n) is 2.47. The van der Waals surface area contributed by atoms with Crippen molar-refractivity contribution in [1.29, 1.82) is 0 Å². The molecule has 0 amide bonds. The molecule has 0 saturated carbocycles. The minimum absolute atomic E-state index is 0.116. The minimum atomic E-state index is -4.77. The van der Waals surface area contributed by atoms with Crippen molar-refractivity contribution in [3.63, 3.8) is 0 Å². The van der Waals surface area contributed by atoms with Crippen molar-refractivity contribution >= 4 is 32.9 Å². The van der Waals surface area contributed by atoms with E-state index in [0.29, 0.717) is 27.9 Å². The van der Waals surface area contributed by atoms with Gasteiger partial charge in [-0.1, -0.05) is 12.1 Å². The Kier molecular flexibility index (Phi) is 8.81. The van der Waals surface area contributed by atoms with E-state index in [-0.39, 0.29) is 17.2 Å². The highest BCUT2D eigenvalue weighted by Gasteiger charge is 2.32. The van der Waals surface area contributed by atoms with E-state index in [1.54, 1.807) is 37.2 Å². The van der Waals surface area contributed by atoms with Crippen molar-refractivity contribution in [2.24, 2.45) is 10.7 Å². The van der Waals surface area contributed by atoms with Gasteiger partial charge >= 0.3 is 12.1 Å². The summed E-state index contributed by atoms with van der Waals surface area (Å²) >= 11 is 1.09. The zero-order chi connectivity index (χ0) is 24.8. The van der Waals surface area contributed by atoms with Crippen molar-refractivity contribution in [3.8, 4) is 10.4 Å². The first-order chi connectivity index (χ1) is 15.3. The summed E-state index contributed by atoms with van der Waals surface area (Å²) in [5.41, 5.74) is 4.24. The first kappa shape index (κ1) is 26.6. The largest absolute Gasteiger partial charge is 0.463 e. The predicted molar refractivity (Wildman–Crippen MR) is 122 cm³/mol. The Morgan fingerprint density at radius 1 is 1.24 bits per heavy atom. The highest BCUT2D eigenvalue weighted by Crippen LogP contribution is 2.31. The van der Waals surface area contributed by atoms with Crippen molar-refractivity contribution < 1.29 is 31.1 Å². The number of rotatable bonds is 9. The number of likely N-dealkylation sites (N-methyl/N-ethyl adjacent to an activating group) is 1. The van der Waals surface area contributed by atoms with Crippen LogP contribution in [0.2, 0.25) is 0 Å². The monoisotopic (exact) mass is 503 g/mol. The smallest absolute Gasteiger partial charge is 0.430 e. The quantitative estimate of drug-likeness (QED) is 0.417. The summed E-state index contributed by atoms with van der Waals surface area (Å²) in [5.74, 6) is -0.689. The minimum Gasteiger partial charge on any atom is -0.463 e. The molecule has 33 heavy (non-hydrogen) atoms. The number of allylic oxidation sites excluding steroid dienone is 2. The number of benzene rings is 1. The maximum Gasteiger partial charge on any atom is 0.430 e. The molecule has 0 bridgehead atoms. The Balaban J connectivity index is 2.35. The number of nitrogens with zero attached hydrogens (tertiary/aromatic N) is 2. The molecule has 0 aliphatic heterocycles. The topological polar surface area (TPSA) is 102 Å². The van der Waals surface area contributed by atoms with Crippen molar-refractivity contribution in [2.45, 2.75) is 11.1 Å². The van der Waals surface area contributed by atoms with Gasteiger partial charge in [0.1, 0.15) is 18.8 Å². The molecule has 0 atom stereocenters. The normalized spacial score (nSPS) is 13.4. The Morgan fingerprint density at radius 3 is 2.55 bits per heavy atom. The highest BCUT2D eigenvalue weighted by molar-refractivity contribution is 7.90. The van der Waals surface area contributed by atoms with Crippen LogP contribution in [0, 0.1) is 0 Å². The molecular formula is C21H24F3N3O4S2. The lowest BCUT2D eigenvalue weighted by Gasteiger charge is -2.09. The number of sulfone groups is 1. The molecule has 2 rings (SSSR count). The summed E-state index contributed by atoms with van der Waals surface area (Å²) in [6.07, 6.45) is -3.02. The second-order valence-corrected chi connectivity index (χ2v) is 10.4. The number of esters is 1. The fourth-order valence-corrected chi connectivity index (χ4v) is 4.12. The third kappa shape index (κ3) is 8.30. The SMILES string of the molecule is CN(C)CCOC(=O)CN=C(C=C(N)C(F)(F)F)c1ccc(-c2cccc(S(C)(=O)=O)c2)s1. The average molecular weight is 504 g/mol. The summed E-state index contributed by atoms with van der Waals surface area (Å²) in [7, 11) is 0.170. The molecule has 1 aromatic heterocycles. The number of thiophene rings is 1. The molecule has 1 aromatic carbocycles. The molecule has 0 spiro atoms. The van der Waals surface area contributed by atoms with Gasteiger partial charge in [0.2, 0.25) is 0 Å². The summed E-state index contributed by atoms with van der Waals surface area (Å²) in [4.78, 5) is 18.8. The van der Waals surface area contributed by atoms with Crippen LogP contribution in [0.4, 0.5) is 13.2 Å². The molecule has 7 nitrogen and oxygen atoms in total. The van der Waals surface area contributed by atoms with E-state index in [0.717, 1.165) is 17.6 Å². The van der Waals surface area contributed by atoms with Gasteiger partial charge in [-0.3, -0.25) is 9.79 Å². The Hall–Kier alpha value is -2.70. The zero-order valence-electron chi connectivity index (χ0n) is 18.2. The molecule has 0 radical (unpaired) electrons. The number of nitrogens with two attached hydrogens (primary N) is 1. The van der Waals surface area contributed by atoms with E-state index in [2.05, 4.69) is 4.99 Å². The van der Waals surface area contributed by atoms with Crippen LogP contribution in [0.3, 0.4) is 0 Å². The van der Waals surface area contributed by atoms with Crippen molar-refractivity contribution in [3.05, 3.63) is 53.0 Å². The van der Waals surface area contributed by atoms with Gasteiger partial charge in [0.15, 0.2) is 9.84 Å². The van der Waals surface area contributed by atoms with Gasteiger partial charge in [0, 0.05) is 17.7 Å². The van der Waals surface area contributed by atoms with Crippen LogP contribution < -0.4 is 5.73 Å². The number of alkyl halides is 3. The predicted octanol–water partition coefficient (Wildman–Crippen LogP) is 3.12. The Morgan fingerprint density at radius 2 is 1.94 bits per heavy atom. The molecule has 12 heteroatoms. The average Bonchev–Trinajstić information content (AvgIpc) is 3.19. The van der Waals surface area contributed by atoms with Gasteiger partial charge in [-0.2, -0.15) is 13.2 Å². The van der Waals surface area contributed by atoms with Crippen molar-refractivity contribution in [2.75, 3.05) is 40.0 Å². The van der Waals surface area contributed by atoms with E-state index in [4.69, 9.17) is 10.5 Å². The molecule has 2 aromatic rings. The molecule has 0 aliphatic carbocycles. The summed E-state index contributed by atoms with van der Waals surface area (Å²) in [6.45, 7) is 0.127. The zero-order valence-corrected chi connectivity index (χ0v) is 19.9. The van der Waals surface area contributed by atoms with Crippen LogP contribution >= 0.6 is 11.3 Å². The maximum absolute atomic E-state index is 13.0. The van der Waals surface area contributed by atoms with E-state index < -0.39 is 34.2 Å². The molecule has 0 saturated heterocycles. The fraction of sp³-hybridized carbons (Fsp3) is 0.333. The molecule has 1 heterocycles. The second kappa shape index (κ2) is 10.9. The van der Waals surface area contributed by atoms with Gasteiger partial charge < -0.3 is 15.4 Å². The Bertz CT molecular complexity index is 1150. The van der Waals surface area contributed by atoms with Crippen LogP contribution in [-0.2, 0) is 19.4 Å². The number of hydrogen-bond donors (Lipinski definition) is 1. The molecule has 0 fully saturated rings. The number of aliphatic imine (C=N–C) groups is 1. The number of carbonyl (C=O) groups excluding carboxylic acids is 1. The third-order valence-electron chi connectivity index (χ3n) is 4.20. The van der Waals surface area contributed by atoms with Crippen LogP contribution in [0.25, 0.3) is 10.4 Å². The van der Waals surface area contributed by atoms with Gasteiger partial charge in [0.25, 0.3) is 0 Å². The maximum atomic E-state index is 13.0.